The van der Waals surface area contributed by atoms with E-state index in [1.54, 1.807) is 30.3 Å². The third kappa shape index (κ3) is 5.25. The molecule has 0 aliphatic carbocycles. The number of hydrogen-bond donors (Lipinski definition) is 0. The smallest absolute Gasteiger partial charge is 0.344 e. The Labute approximate surface area is 233 Å². The molecule has 0 aromatic heterocycles. The van der Waals surface area contributed by atoms with Gasteiger partial charge in [0.25, 0.3) is 11.1 Å². The Morgan fingerprint density at radius 1 is 0.972 bits per heavy atom. The molecule has 0 radical (unpaired) electrons. The predicted molar refractivity (Wildman–Crippen MR) is 154 cm³/mol. The maximum Gasteiger partial charge on any atom is 0.344 e. The van der Waals surface area contributed by atoms with Crippen LogP contribution < -0.4 is 4.74 Å². The summed E-state index contributed by atoms with van der Waals surface area (Å²) in [5.41, 5.74) is 1.82. The lowest BCUT2D eigenvalue weighted by atomic mass is 10.0. The third-order valence-corrected chi connectivity index (χ3v) is 7.72. The van der Waals surface area contributed by atoms with E-state index in [1.165, 1.54) is 4.90 Å². The highest BCUT2D eigenvalue weighted by Crippen LogP contribution is 2.36. The highest BCUT2D eigenvalue weighted by Gasteiger charge is 2.35. The van der Waals surface area contributed by atoms with Gasteiger partial charge in [0.15, 0.2) is 0 Å². The van der Waals surface area contributed by atoms with Crippen molar-refractivity contribution in [1.29, 1.82) is 0 Å². The highest BCUT2D eigenvalue weighted by atomic mass is 127. The lowest BCUT2D eigenvalue weighted by Gasteiger charge is -2.12. The zero-order valence-electron chi connectivity index (χ0n) is 18.6. The molecule has 4 aromatic carbocycles. The van der Waals surface area contributed by atoms with Crippen molar-refractivity contribution >= 4 is 84.2 Å². The van der Waals surface area contributed by atoms with Crippen LogP contribution in [0.1, 0.15) is 21.5 Å². The van der Waals surface area contributed by atoms with Gasteiger partial charge in [0.1, 0.15) is 5.75 Å². The van der Waals surface area contributed by atoms with Gasteiger partial charge in [-0.3, -0.25) is 14.5 Å². The van der Waals surface area contributed by atoms with E-state index in [0.29, 0.717) is 16.9 Å². The first-order chi connectivity index (χ1) is 17.4. The molecule has 2 amide bonds. The Balaban J connectivity index is 1.42. The van der Waals surface area contributed by atoms with Crippen LogP contribution in [-0.2, 0) is 11.3 Å². The Bertz CT molecular complexity index is 1550. The Morgan fingerprint density at radius 3 is 2.53 bits per heavy atom. The summed E-state index contributed by atoms with van der Waals surface area (Å²) in [5.74, 6) is -0.592. The molecule has 36 heavy (non-hydrogen) atoms. The summed E-state index contributed by atoms with van der Waals surface area (Å²) in [7, 11) is 0. The fourth-order valence-corrected chi connectivity index (χ4v) is 5.40. The van der Waals surface area contributed by atoms with Gasteiger partial charge >= 0.3 is 5.97 Å². The van der Waals surface area contributed by atoms with Crippen molar-refractivity contribution in [2.24, 2.45) is 0 Å². The van der Waals surface area contributed by atoms with Gasteiger partial charge in [-0.15, -0.1) is 0 Å². The van der Waals surface area contributed by atoms with Gasteiger partial charge in [-0.25, -0.2) is 4.79 Å². The minimum absolute atomic E-state index is 0.195. The van der Waals surface area contributed by atoms with E-state index in [0.717, 1.165) is 36.1 Å². The molecular formula is C28H17BrINO4S. The molecule has 0 unspecified atom stereocenters. The summed E-state index contributed by atoms with van der Waals surface area (Å²) in [4.78, 5) is 40.3. The summed E-state index contributed by atoms with van der Waals surface area (Å²) in [6.07, 6.45) is 1.59. The number of hydrogen-bond acceptors (Lipinski definition) is 5. The fourth-order valence-electron chi connectivity index (χ4n) is 3.83. The molecule has 0 atom stereocenters. The van der Waals surface area contributed by atoms with Crippen molar-refractivity contribution in [3.05, 3.63) is 115 Å². The van der Waals surface area contributed by atoms with E-state index < -0.39 is 5.97 Å². The Morgan fingerprint density at radius 2 is 1.72 bits per heavy atom. The van der Waals surface area contributed by atoms with Gasteiger partial charge in [0, 0.05) is 13.6 Å². The van der Waals surface area contributed by atoms with Crippen LogP contribution in [0, 0.1) is 3.57 Å². The number of ether oxygens (including phenoxy) is 1. The molecule has 0 bridgehead atoms. The summed E-state index contributed by atoms with van der Waals surface area (Å²) in [5, 5.41) is 1.39. The van der Waals surface area contributed by atoms with Crippen molar-refractivity contribution in [1.82, 2.24) is 4.90 Å². The van der Waals surface area contributed by atoms with Crippen molar-refractivity contribution in [3.8, 4) is 5.75 Å². The maximum atomic E-state index is 13.1. The maximum absolute atomic E-state index is 13.1. The van der Waals surface area contributed by atoms with E-state index in [1.807, 2.05) is 60.7 Å². The number of benzene rings is 4. The topological polar surface area (TPSA) is 63.7 Å². The summed E-state index contributed by atoms with van der Waals surface area (Å²) in [6, 6.07) is 25.9. The zero-order valence-corrected chi connectivity index (χ0v) is 23.2. The molecule has 0 N–H and O–H groups in total. The standard InChI is InChI=1S/C28H17BrINO4S/c29-20-10-13-24(35-27(33)23-7-3-5-18-4-1-2-6-22(18)23)19(14-20)15-25-26(32)31(28(34)36-25)16-17-8-11-21(30)12-9-17/h1-15H,16H2/b25-15-. The van der Waals surface area contributed by atoms with Gasteiger partial charge in [-0.1, -0.05) is 64.5 Å². The van der Waals surface area contributed by atoms with Crippen molar-refractivity contribution in [2.75, 3.05) is 0 Å². The normalized spacial score (nSPS) is 14.6. The number of carbonyl (C=O) groups is 3. The van der Waals surface area contributed by atoms with E-state index in [9.17, 15) is 14.4 Å². The molecule has 0 saturated carbocycles. The van der Waals surface area contributed by atoms with Crippen LogP contribution in [0.2, 0.25) is 0 Å². The first-order valence-electron chi connectivity index (χ1n) is 10.9. The molecule has 1 fully saturated rings. The SMILES string of the molecule is O=C(Oc1ccc(Br)cc1/C=C1\SC(=O)N(Cc2ccc(I)cc2)C1=O)c1cccc2ccccc12. The minimum atomic E-state index is -0.504. The van der Waals surface area contributed by atoms with Crippen molar-refractivity contribution in [2.45, 2.75) is 6.54 Å². The van der Waals surface area contributed by atoms with E-state index >= 15 is 0 Å². The van der Waals surface area contributed by atoms with Gasteiger partial charge in [0.2, 0.25) is 0 Å². The second-order valence-corrected chi connectivity index (χ2v) is 11.1. The lowest BCUT2D eigenvalue weighted by molar-refractivity contribution is -0.123. The van der Waals surface area contributed by atoms with E-state index in [-0.39, 0.29) is 22.6 Å². The number of imide groups is 1. The molecular weight excluding hydrogens is 653 g/mol. The van der Waals surface area contributed by atoms with Crippen LogP contribution >= 0.6 is 50.3 Å². The predicted octanol–water partition coefficient (Wildman–Crippen LogP) is 7.66. The molecule has 8 heteroatoms. The molecule has 5 nitrogen and oxygen atoms in total. The Hall–Kier alpha value is -2.95. The average Bonchev–Trinajstić information content (AvgIpc) is 3.13. The number of amides is 2. The fraction of sp³-hybridized carbons (Fsp3) is 0.0357. The third-order valence-electron chi connectivity index (χ3n) is 5.60. The molecule has 1 heterocycles. The largest absolute Gasteiger partial charge is 0.422 e. The molecule has 5 rings (SSSR count). The van der Waals surface area contributed by atoms with Crippen LogP contribution in [-0.4, -0.2) is 22.0 Å². The van der Waals surface area contributed by atoms with E-state index in [2.05, 4.69) is 38.5 Å². The monoisotopic (exact) mass is 669 g/mol. The van der Waals surface area contributed by atoms with Crippen molar-refractivity contribution < 1.29 is 19.1 Å². The molecule has 4 aromatic rings. The second-order valence-electron chi connectivity index (χ2n) is 7.99. The van der Waals surface area contributed by atoms with Gasteiger partial charge in [-0.05, 0) is 93.2 Å². The van der Waals surface area contributed by atoms with E-state index in [4.69, 9.17) is 4.74 Å². The molecule has 1 aliphatic rings. The average molecular weight is 670 g/mol. The first-order valence-corrected chi connectivity index (χ1v) is 13.6. The van der Waals surface area contributed by atoms with Crippen LogP contribution in [0.3, 0.4) is 0 Å². The van der Waals surface area contributed by atoms with Crippen LogP contribution in [0.5, 0.6) is 5.75 Å². The number of nitrogens with zero attached hydrogens (tertiary/aromatic N) is 1. The van der Waals surface area contributed by atoms with Crippen LogP contribution in [0.4, 0.5) is 4.79 Å². The number of halogens is 2. The minimum Gasteiger partial charge on any atom is -0.422 e. The van der Waals surface area contributed by atoms with Crippen LogP contribution in [0.25, 0.3) is 16.8 Å². The number of esters is 1. The number of carbonyl (C=O) groups excluding carboxylic acids is 3. The van der Waals surface area contributed by atoms with Crippen molar-refractivity contribution in [3.63, 3.8) is 0 Å². The number of fused-ring (bicyclic) bond motifs is 1. The van der Waals surface area contributed by atoms with Gasteiger partial charge in [-0.2, -0.15) is 0 Å². The lowest BCUT2D eigenvalue weighted by Crippen LogP contribution is -2.27. The first kappa shape index (κ1) is 24.7. The summed E-state index contributed by atoms with van der Waals surface area (Å²) < 4.78 is 7.60. The number of rotatable bonds is 5. The summed E-state index contributed by atoms with van der Waals surface area (Å²) in [6.45, 7) is 0.195. The van der Waals surface area contributed by atoms with Gasteiger partial charge < -0.3 is 4.74 Å². The molecule has 178 valence electrons. The summed E-state index contributed by atoms with van der Waals surface area (Å²) >= 11 is 6.52. The number of thioether (sulfide) groups is 1. The van der Waals surface area contributed by atoms with Crippen LogP contribution in [0.15, 0.2) is 94.3 Å². The Kier molecular flexibility index (Phi) is 7.27. The zero-order chi connectivity index (χ0) is 25.2. The molecule has 0 spiro atoms. The molecule has 1 saturated heterocycles. The highest BCUT2D eigenvalue weighted by molar-refractivity contribution is 14.1. The second kappa shape index (κ2) is 10.6. The quantitative estimate of drug-likeness (QED) is 0.0945. The molecule has 1 aliphatic heterocycles. The van der Waals surface area contributed by atoms with Gasteiger partial charge in [0.05, 0.1) is 17.0 Å².